The summed E-state index contributed by atoms with van der Waals surface area (Å²) in [5.74, 6) is 0.0509. The molecule has 0 aliphatic heterocycles. The lowest BCUT2D eigenvalue weighted by atomic mass is 10.1. The number of rotatable bonds is 2. The van der Waals surface area contributed by atoms with Crippen LogP contribution in [-0.2, 0) is 4.79 Å². The van der Waals surface area contributed by atoms with E-state index in [9.17, 15) is 4.79 Å². The first-order valence-corrected chi connectivity index (χ1v) is 5.39. The molecule has 0 bridgehead atoms. The van der Waals surface area contributed by atoms with Gasteiger partial charge in [0.2, 0.25) is 0 Å². The van der Waals surface area contributed by atoms with E-state index in [0.29, 0.717) is 5.02 Å². The lowest BCUT2D eigenvalue weighted by Gasteiger charge is -2.07. The molecule has 1 aromatic carbocycles. The average Bonchev–Trinajstić information content (AvgIpc) is 2.01. The zero-order valence-electron chi connectivity index (χ0n) is 6.92. The maximum Gasteiger partial charge on any atom is 0.147 e. The summed E-state index contributed by atoms with van der Waals surface area (Å²) in [6.45, 7) is 1.53. The van der Waals surface area contributed by atoms with Crippen LogP contribution in [0.1, 0.15) is 17.3 Å². The number of carbonyl (C=O) groups excluding carboxylic acids is 1. The number of Topliss-reactive ketones (excluding diaryl/α,β-unsaturated/α-hetero) is 1. The predicted octanol–water partition coefficient (Wildman–Crippen LogP) is 3.65. The summed E-state index contributed by atoms with van der Waals surface area (Å²) in [4.78, 5) is 11.5. The van der Waals surface area contributed by atoms with Gasteiger partial charge in [-0.2, -0.15) is 0 Å². The van der Waals surface area contributed by atoms with Crippen molar-refractivity contribution >= 4 is 45.9 Å². The zero-order chi connectivity index (χ0) is 10.0. The van der Waals surface area contributed by atoms with E-state index in [-0.39, 0.29) is 10.6 Å². The fourth-order valence-corrected chi connectivity index (χ4v) is 1.85. The van der Waals surface area contributed by atoms with Crippen molar-refractivity contribution in [3.63, 3.8) is 0 Å². The first kappa shape index (κ1) is 11.1. The molecule has 1 rings (SSSR count). The first-order chi connectivity index (χ1) is 6.00. The summed E-state index contributed by atoms with van der Waals surface area (Å²) in [5.41, 5.74) is 0.838. The molecule has 13 heavy (non-hydrogen) atoms. The molecule has 0 amide bonds. The number of alkyl halides is 1. The van der Waals surface area contributed by atoms with E-state index in [4.69, 9.17) is 11.6 Å². The van der Waals surface area contributed by atoms with E-state index in [1.165, 1.54) is 6.92 Å². The molecular weight excluding hydrogens is 272 g/mol. The molecule has 70 valence electrons. The van der Waals surface area contributed by atoms with E-state index in [1.807, 2.05) is 6.07 Å². The Hall–Kier alpha value is 0.01000. The lowest BCUT2D eigenvalue weighted by molar-refractivity contribution is -0.116. The number of hydrogen-bond acceptors (Lipinski definition) is 2. The third-order valence-corrected chi connectivity index (χ3v) is 3.20. The summed E-state index contributed by atoms with van der Waals surface area (Å²) in [6.07, 6.45) is 0. The second kappa shape index (κ2) is 4.49. The SMILES string of the molecule is CC(=O)C(Br)c1cc(S)cc(Cl)c1. The number of thiol groups is 1. The molecule has 4 heteroatoms. The molecule has 0 saturated carbocycles. The molecule has 0 aliphatic rings. The molecule has 0 heterocycles. The van der Waals surface area contributed by atoms with Crippen molar-refractivity contribution in [1.29, 1.82) is 0 Å². The van der Waals surface area contributed by atoms with Crippen LogP contribution in [0, 0.1) is 0 Å². The van der Waals surface area contributed by atoms with Gasteiger partial charge < -0.3 is 0 Å². The number of benzene rings is 1. The maximum atomic E-state index is 11.1. The van der Waals surface area contributed by atoms with Gasteiger partial charge in [0.05, 0.1) is 4.83 Å². The second-order valence-electron chi connectivity index (χ2n) is 2.72. The Morgan fingerprint density at radius 3 is 2.62 bits per heavy atom. The van der Waals surface area contributed by atoms with Crippen LogP contribution in [-0.4, -0.2) is 5.78 Å². The second-order valence-corrected chi connectivity index (χ2v) is 4.58. The van der Waals surface area contributed by atoms with Crippen molar-refractivity contribution in [2.24, 2.45) is 0 Å². The highest BCUT2D eigenvalue weighted by Crippen LogP contribution is 2.28. The fourth-order valence-electron chi connectivity index (χ4n) is 0.977. The summed E-state index contributed by atoms with van der Waals surface area (Å²) >= 11 is 13.3. The molecular formula is C9H8BrClOS. The van der Waals surface area contributed by atoms with Crippen LogP contribution in [0.4, 0.5) is 0 Å². The van der Waals surface area contributed by atoms with Gasteiger partial charge in [0.1, 0.15) is 5.78 Å². The van der Waals surface area contributed by atoms with Crippen molar-refractivity contribution in [1.82, 2.24) is 0 Å². The molecule has 1 aromatic rings. The van der Waals surface area contributed by atoms with Gasteiger partial charge in [-0.1, -0.05) is 27.5 Å². The Kier molecular flexibility index (Phi) is 3.83. The van der Waals surface area contributed by atoms with Crippen LogP contribution in [0.15, 0.2) is 23.1 Å². The monoisotopic (exact) mass is 278 g/mol. The van der Waals surface area contributed by atoms with Crippen LogP contribution in [0.3, 0.4) is 0 Å². The van der Waals surface area contributed by atoms with E-state index in [1.54, 1.807) is 12.1 Å². The Labute approximate surface area is 96.0 Å². The summed E-state index contributed by atoms with van der Waals surface area (Å²) in [7, 11) is 0. The molecule has 1 nitrogen and oxygen atoms in total. The largest absolute Gasteiger partial charge is 0.298 e. The van der Waals surface area contributed by atoms with Crippen LogP contribution in [0.5, 0.6) is 0 Å². The summed E-state index contributed by atoms with van der Waals surface area (Å²) < 4.78 is 0. The van der Waals surface area contributed by atoms with Crippen LogP contribution >= 0.6 is 40.2 Å². The Bertz CT molecular complexity index is 320. The van der Waals surface area contributed by atoms with E-state index in [0.717, 1.165) is 10.5 Å². The van der Waals surface area contributed by atoms with Crippen LogP contribution in [0.2, 0.25) is 5.02 Å². The highest BCUT2D eigenvalue weighted by molar-refractivity contribution is 9.09. The third-order valence-electron chi connectivity index (χ3n) is 1.55. The van der Waals surface area contributed by atoms with Crippen molar-refractivity contribution in [3.05, 3.63) is 28.8 Å². The Morgan fingerprint density at radius 2 is 2.15 bits per heavy atom. The quantitative estimate of drug-likeness (QED) is 0.646. The van der Waals surface area contributed by atoms with Crippen LogP contribution in [0.25, 0.3) is 0 Å². The molecule has 1 atom stereocenters. The van der Waals surface area contributed by atoms with Gasteiger partial charge >= 0.3 is 0 Å². The minimum Gasteiger partial charge on any atom is -0.298 e. The molecule has 0 N–H and O–H groups in total. The van der Waals surface area contributed by atoms with Crippen molar-refractivity contribution in [2.45, 2.75) is 16.6 Å². The molecule has 1 unspecified atom stereocenters. The number of hydrogen-bond donors (Lipinski definition) is 1. The van der Waals surface area contributed by atoms with Gasteiger partial charge in [0, 0.05) is 9.92 Å². The Morgan fingerprint density at radius 1 is 1.54 bits per heavy atom. The van der Waals surface area contributed by atoms with Gasteiger partial charge in [0.15, 0.2) is 0 Å². The van der Waals surface area contributed by atoms with Crippen molar-refractivity contribution < 1.29 is 4.79 Å². The number of halogens is 2. The van der Waals surface area contributed by atoms with E-state index in [2.05, 4.69) is 28.6 Å². The van der Waals surface area contributed by atoms with Gasteiger partial charge in [-0.3, -0.25) is 4.79 Å². The maximum absolute atomic E-state index is 11.1. The van der Waals surface area contributed by atoms with E-state index >= 15 is 0 Å². The zero-order valence-corrected chi connectivity index (χ0v) is 10.2. The molecule has 0 radical (unpaired) electrons. The van der Waals surface area contributed by atoms with Crippen molar-refractivity contribution in [3.8, 4) is 0 Å². The van der Waals surface area contributed by atoms with Crippen LogP contribution < -0.4 is 0 Å². The smallest absolute Gasteiger partial charge is 0.147 e. The number of carbonyl (C=O) groups is 1. The lowest BCUT2D eigenvalue weighted by Crippen LogP contribution is -2.00. The summed E-state index contributed by atoms with van der Waals surface area (Å²) in [5, 5.41) is 0.591. The minimum absolute atomic E-state index is 0.0509. The molecule has 0 spiro atoms. The number of ketones is 1. The topological polar surface area (TPSA) is 17.1 Å². The van der Waals surface area contributed by atoms with Crippen molar-refractivity contribution in [2.75, 3.05) is 0 Å². The standard InChI is InChI=1S/C9H8BrClOS/c1-5(12)9(10)6-2-7(11)4-8(13)3-6/h2-4,9,13H,1H3. The molecule has 0 saturated heterocycles. The predicted molar refractivity (Wildman–Crippen MR) is 61.1 cm³/mol. The van der Waals surface area contributed by atoms with Gasteiger partial charge in [0.25, 0.3) is 0 Å². The highest BCUT2D eigenvalue weighted by atomic mass is 79.9. The first-order valence-electron chi connectivity index (χ1n) is 3.64. The molecule has 0 fully saturated rings. The van der Waals surface area contributed by atoms with Gasteiger partial charge in [-0.25, -0.2) is 0 Å². The molecule has 0 aromatic heterocycles. The fraction of sp³-hybridized carbons (Fsp3) is 0.222. The van der Waals surface area contributed by atoms with Gasteiger partial charge in [-0.15, -0.1) is 12.6 Å². The van der Waals surface area contributed by atoms with Gasteiger partial charge in [-0.05, 0) is 30.7 Å². The average molecular weight is 280 g/mol. The Balaban J connectivity index is 3.07. The normalized spacial score (nSPS) is 12.6. The third kappa shape index (κ3) is 3.01. The highest BCUT2D eigenvalue weighted by Gasteiger charge is 2.13. The van der Waals surface area contributed by atoms with E-state index < -0.39 is 0 Å². The minimum atomic E-state index is -0.294. The summed E-state index contributed by atoms with van der Waals surface area (Å²) in [6, 6.07) is 5.30. The molecule has 0 aliphatic carbocycles.